The van der Waals surface area contributed by atoms with E-state index in [0.717, 1.165) is 5.56 Å². The average Bonchev–Trinajstić information content (AvgIpc) is 3.02. The van der Waals surface area contributed by atoms with Crippen molar-refractivity contribution >= 4 is 21.9 Å². The van der Waals surface area contributed by atoms with Crippen molar-refractivity contribution in [2.24, 2.45) is 0 Å². The molecule has 0 bridgehead atoms. The monoisotopic (exact) mass is 354 g/mol. The predicted molar refractivity (Wildman–Crippen MR) is 87.7 cm³/mol. The number of aryl methyl sites for hydroxylation is 1. The Balaban J connectivity index is 2.06. The highest BCUT2D eigenvalue weighted by molar-refractivity contribution is 7.89. The van der Waals surface area contributed by atoms with Crippen LogP contribution in [-0.4, -0.2) is 50.3 Å². The van der Waals surface area contributed by atoms with Crippen molar-refractivity contribution in [3.05, 3.63) is 29.8 Å². The Morgan fingerprint density at radius 3 is 2.58 bits per heavy atom. The van der Waals surface area contributed by atoms with Crippen LogP contribution in [0.3, 0.4) is 0 Å². The fourth-order valence-corrected chi connectivity index (χ4v) is 4.35. The Kier molecular flexibility index (Phi) is 5.95. The first-order chi connectivity index (χ1) is 11.4. The van der Waals surface area contributed by atoms with Crippen LogP contribution in [0.25, 0.3) is 0 Å². The number of carbonyl (C=O) groups excluding carboxylic acids is 2. The van der Waals surface area contributed by atoms with E-state index in [4.69, 9.17) is 0 Å². The van der Waals surface area contributed by atoms with Crippen molar-refractivity contribution in [2.75, 3.05) is 19.7 Å². The van der Waals surface area contributed by atoms with E-state index in [0.29, 0.717) is 19.4 Å². The van der Waals surface area contributed by atoms with Gasteiger partial charge in [0.25, 0.3) is 0 Å². The summed E-state index contributed by atoms with van der Waals surface area (Å²) in [5.74, 6) is -1.81. The molecule has 1 aromatic carbocycles. The molecule has 7 nitrogen and oxygen atoms in total. The molecule has 132 valence electrons. The third kappa shape index (κ3) is 4.12. The number of esters is 1. The van der Waals surface area contributed by atoms with E-state index in [2.05, 4.69) is 10.1 Å². The number of hydrogen-bond donors (Lipinski definition) is 1. The maximum absolute atomic E-state index is 12.8. The van der Waals surface area contributed by atoms with Gasteiger partial charge in [-0.2, -0.15) is 4.31 Å². The summed E-state index contributed by atoms with van der Waals surface area (Å²) in [6, 6.07) is 6.30. The Labute approximate surface area is 142 Å². The lowest BCUT2D eigenvalue weighted by Crippen LogP contribution is -2.44. The van der Waals surface area contributed by atoms with Gasteiger partial charge >= 0.3 is 11.9 Å². The van der Waals surface area contributed by atoms with Gasteiger partial charge in [0.05, 0.1) is 11.5 Å². The first-order valence-electron chi connectivity index (χ1n) is 7.89. The van der Waals surface area contributed by atoms with E-state index in [9.17, 15) is 18.0 Å². The second-order valence-electron chi connectivity index (χ2n) is 5.66. The molecule has 1 aliphatic rings. The number of carbonyl (C=O) groups is 2. The van der Waals surface area contributed by atoms with Crippen molar-refractivity contribution in [1.82, 2.24) is 9.62 Å². The summed E-state index contributed by atoms with van der Waals surface area (Å²) in [4.78, 5) is 23.1. The van der Waals surface area contributed by atoms with Gasteiger partial charge in [-0.25, -0.2) is 13.2 Å². The van der Waals surface area contributed by atoms with Gasteiger partial charge in [0.1, 0.15) is 0 Å². The predicted octanol–water partition coefficient (Wildman–Crippen LogP) is 0.827. The minimum absolute atomic E-state index is 0.0861. The molecule has 1 fully saturated rings. The number of amides is 1. The van der Waals surface area contributed by atoms with Gasteiger partial charge in [-0.3, -0.25) is 4.79 Å². The fourth-order valence-electron chi connectivity index (χ4n) is 2.65. The summed E-state index contributed by atoms with van der Waals surface area (Å²) in [6.07, 6.45) is 1.35. The van der Waals surface area contributed by atoms with Crippen LogP contribution >= 0.6 is 0 Å². The van der Waals surface area contributed by atoms with E-state index in [1.54, 1.807) is 31.2 Å². The highest BCUT2D eigenvalue weighted by Crippen LogP contribution is 2.25. The van der Waals surface area contributed by atoms with Crippen LogP contribution in [0.5, 0.6) is 0 Å². The first-order valence-corrected chi connectivity index (χ1v) is 9.33. The lowest BCUT2D eigenvalue weighted by atomic mass is 10.2. The Hall–Kier alpha value is -1.93. The zero-order valence-corrected chi connectivity index (χ0v) is 14.6. The summed E-state index contributed by atoms with van der Waals surface area (Å²) in [6.45, 7) is 4.10. The molecule has 1 aromatic rings. The summed E-state index contributed by atoms with van der Waals surface area (Å²) >= 11 is 0. The van der Waals surface area contributed by atoms with E-state index >= 15 is 0 Å². The van der Waals surface area contributed by atoms with Gasteiger partial charge in [-0.15, -0.1) is 0 Å². The summed E-state index contributed by atoms with van der Waals surface area (Å²) in [5.41, 5.74) is 0.980. The van der Waals surface area contributed by atoms with Crippen LogP contribution in [0, 0.1) is 6.92 Å². The minimum atomic E-state index is -3.62. The third-order valence-corrected chi connectivity index (χ3v) is 5.88. The molecule has 0 aromatic heterocycles. The fraction of sp³-hybridized carbons (Fsp3) is 0.500. The van der Waals surface area contributed by atoms with E-state index in [1.807, 2.05) is 6.92 Å². The largest absolute Gasteiger partial charge is 0.459 e. The van der Waals surface area contributed by atoms with E-state index in [1.165, 1.54) is 4.31 Å². The van der Waals surface area contributed by atoms with Crippen molar-refractivity contribution in [3.63, 3.8) is 0 Å². The van der Waals surface area contributed by atoms with Crippen molar-refractivity contribution < 1.29 is 22.7 Å². The molecule has 2 rings (SSSR count). The van der Waals surface area contributed by atoms with Crippen LogP contribution in [0.4, 0.5) is 0 Å². The molecule has 1 amide bonds. The zero-order valence-electron chi connectivity index (χ0n) is 13.8. The van der Waals surface area contributed by atoms with Crippen LogP contribution in [-0.2, 0) is 24.3 Å². The number of ether oxygens (including phenoxy) is 1. The summed E-state index contributed by atoms with van der Waals surface area (Å²) < 4.78 is 31.5. The van der Waals surface area contributed by atoms with Crippen molar-refractivity contribution in [3.8, 4) is 0 Å². The number of benzene rings is 1. The molecule has 1 N–H and O–H groups in total. The normalized spacial score (nSPS) is 18.3. The van der Waals surface area contributed by atoms with Crippen molar-refractivity contribution in [2.45, 2.75) is 37.6 Å². The molecule has 0 saturated carbocycles. The molecule has 0 radical (unpaired) electrons. The molecule has 1 aliphatic heterocycles. The van der Waals surface area contributed by atoms with Gasteiger partial charge in [0, 0.05) is 19.1 Å². The van der Waals surface area contributed by atoms with Crippen LogP contribution in [0.2, 0.25) is 0 Å². The maximum atomic E-state index is 12.8. The molecule has 0 spiro atoms. The van der Waals surface area contributed by atoms with Crippen molar-refractivity contribution in [1.29, 1.82) is 0 Å². The number of rotatable bonds is 5. The first kappa shape index (κ1) is 18.4. The van der Waals surface area contributed by atoms with Gasteiger partial charge in [-0.1, -0.05) is 17.7 Å². The molecule has 0 unspecified atom stereocenters. The number of hydrogen-bond acceptors (Lipinski definition) is 5. The second-order valence-corrected chi connectivity index (χ2v) is 7.55. The minimum Gasteiger partial charge on any atom is -0.459 e. The highest BCUT2D eigenvalue weighted by Gasteiger charge is 2.35. The quantitative estimate of drug-likeness (QED) is 0.624. The average molecular weight is 354 g/mol. The summed E-state index contributed by atoms with van der Waals surface area (Å²) in [5, 5.41) is 2.45. The van der Waals surface area contributed by atoms with Gasteiger partial charge in [0.2, 0.25) is 10.0 Å². The Bertz CT molecular complexity index is 700. The topological polar surface area (TPSA) is 92.8 Å². The number of nitrogens with zero attached hydrogens (tertiary/aromatic N) is 1. The Morgan fingerprint density at radius 2 is 1.96 bits per heavy atom. The van der Waals surface area contributed by atoms with Crippen LogP contribution in [0.1, 0.15) is 25.3 Å². The molecule has 24 heavy (non-hydrogen) atoms. The third-order valence-electron chi connectivity index (χ3n) is 3.91. The van der Waals surface area contributed by atoms with Crippen LogP contribution < -0.4 is 5.32 Å². The molecule has 1 atom stereocenters. The van der Waals surface area contributed by atoms with E-state index in [-0.39, 0.29) is 24.1 Å². The lowest BCUT2D eigenvalue weighted by Gasteiger charge is -2.24. The molecule has 1 saturated heterocycles. The molecular weight excluding hydrogens is 332 g/mol. The van der Waals surface area contributed by atoms with Gasteiger partial charge in [0.15, 0.2) is 0 Å². The number of nitrogens with one attached hydrogen (secondary N) is 1. The second kappa shape index (κ2) is 7.76. The molecule has 1 heterocycles. The van der Waals surface area contributed by atoms with Crippen LogP contribution in [0.15, 0.2) is 29.2 Å². The highest BCUT2D eigenvalue weighted by atomic mass is 32.2. The smallest absolute Gasteiger partial charge is 0.396 e. The zero-order chi connectivity index (χ0) is 17.7. The molecule has 8 heteroatoms. The SMILES string of the molecule is CCOC(=O)C(=O)NC[C@@H]1CCCN1S(=O)(=O)c1ccc(C)cc1. The van der Waals surface area contributed by atoms with Gasteiger partial charge < -0.3 is 10.1 Å². The maximum Gasteiger partial charge on any atom is 0.396 e. The lowest BCUT2D eigenvalue weighted by molar-refractivity contribution is -0.154. The standard InChI is InChI=1S/C16H22N2O5S/c1-3-23-16(20)15(19)17-11-13-5-4-10-18(13)24(21,22)14-8-6-12(2)7-9-14/h6-9,13H,3-5,10-11H2,1-2H3,(H,17,19)/t13-/m0/s1. The molecular formula is C16H22N2O5S. The Morgan fingerprint density at radius 1 is 1.29 bits per heavy atom. The number of sulfonamides is 1. The molecule has 0 aliphatic carbocycles. The van der Waals surface area contributed by atoms with E-state index < -0.39 is 21.9 Å². The van der Waals surface area contributed by atoms with Gasteiger partial charge in [-0.05, 0) is 38.8 Å². The summed E-state index contributed by atoms with van der Waals surface area (Å²) in [7, 11) is -3.62.